The lowest BCUT2D eigenvalue weighted by Crippen LogP contribution is -2.41. The zero-order valence-electron chi connectivity index (χ0n) is 6.26. The lowest BCUT2D eigenvalue weighted by molar-refractivity contribution is 0.164. The number of nitrogens with zero attached hydrogens (tertiary/aromatic N) is 1. The summed E-state index contributed by atoms with van der Waals surface area (Å²) >= 11 is 0. The summed E-state index contributed by atoms with van der Waals surface area (Å²) in [5, 5.41) is 10.8. The minimum Gasteiger partial charge on any atom is -0.453 e. The Balaban J connectivity index is 3.92. The van der Waals surface area contributed by atoms with E-state index in [1.807, 2.05) is 6.07 Å². The summed E-state index contributed by atoms with van der Waals surface area (Å²) in [7, 11) is 1.25. The molecule has 0 aromatic rings. The normalized spacial score (nSPS) is 9.80. The van der Waals surface area contributed by atoms with Crippen molar-refractivity contribution >= 4 is 6.09 Å². The number of carbonyl (C=O) groups excluding carboxylic acids is 1. The van der Waals surface area contributed by atoms with E-state index in [1.165, 1.54) is 7.11 Å². The first-order valence-corrected chi connectivity index (χ1v) is 2.79. The van der Waals surface area contributed by atoms with E-state index in [9.17, 15) is 4.79 Å². The van der Waals surface area contributed by atoms with Gasteiger partial charge >= 0.3 is 6.09 Å². The quantitative estimate of drug-likeness (QED) is 0.584. The monoisotopic (exact) mass is 142 g/mol. The van der Waals surface area contributed by atoms with Gasteiger partial charge in [0.1, 0.15) is 5.54 Å². The average Bonchev–Trinajstić information content (AvgIpc) is 1.87. The fourth-order valence-electron chi connectivity index (χ4n) is 0.334. The topological polar surface area (TPSA) is 62.1 Å². The summed E-state index contributed by atoms with van der Waals surface area (Å²) in [6.45, 7) is 3.17. The van der Waals surface area contributed by atoms with Crippen LogP contribution in [0, 0.1) is 11.3 Å². The highest BCUT2D eigenvalue weighted by molar-refractivity contribution is 5.68. The zero-order valence-corrected chi connectivity index (χ0v) is 6.26. The molecule has 10 heavy (non-hydrogen) atoms. The number of carbonyl (C=O) groups is 1. The van der Waals surface area contributed by atoms with Crippen molar-refractivity contribution in [2.45, 2.75) is 19.4 Å². The molecule has 0 aromatic carbocycles. The first kappa shape index (κ1) is 8.76. The molecule has 4 nitrogen and oxygen atoms in total. The van der Waals surface area contributed by atoms with Crippen LogP contribution in [-0.2, 0) is 4.74 Å². The largest absolute Gasteiger partial charge is 0.453 e. The van der Waals surface area contributed by atoms with E-state index in [0.29, 0.717) is 0 Å². The highest BCUT2D eigenvalue weighted by Crippen LogP contribution is 1.98. The number of nitrogens with one attached hydrogen (secondary N) is 1. The summed E-state index contributed by atoms with van der Waals surface area (Å²) in [4.78, 5) is 10.5. The molecule has 0 atom stereocenters. The lowest BCUT2D eigenvalue weighted by atomic mass is 10.1. The highest BCUT2D eigenvalue weighted by atomic mass is 16.5. The second kappa shape index (κ2) is 3.06. The van der Waals surface area contributed by atoms with Gasteiger partial charge in [-0.1, -0.05) is 0 Å². The molecule has 0 aliphatic heterocycles. The van der Waals surface area contributed by atoms with E-state index < -0.39 is 11.6 Å². The van der Waals surface area contributed by atoms with Crippen molar-refractivity contribution in [2.75, 3.05) is 7.11 Å². The van der Waals surface area contributed by atoms with Crippen molar-refractivity contribution in [2.24, 2.45) is 0 Å². The van der Waals surface area contributed by atoms with Gasteiger partial charge in [-0.05, 0) is 13.8 Å². The van der Waals surface area contributed by atoms with Gasteiger partial charge in [0.2, 0.25) is 0 Å². The Labute approximate surface area is 59.8 Å². The Morgan fingerprint density at radius 1 is 1.70 bits per heavy atom. The number of hydrogen-bond donors (Lipinski definition) is 1. The first-order valence-electron chi connectivity index (χ1n) is 2.79. The van der Waals surface area contributed by atoms with Gasteiger partial charge in [-0.2, -0.15) is 5.26 Å². The minimum atomic E-state index is -0.854. The third-order valence-corrected chi connectivity index (χ3v) is 0.879. The van der Waals surface area contributed by atoms with Crippen LogP contribution in [0.3, 0.4) is 0 Å². The first-order chi connectivity index (χ1) is 4.52. The molecule has 0 radical (unpaired) electrons. The third-order valence-electron chi connectivity index (χ3n) is 0.879. The predicted molar refractivity (Wildman–Crippen MR) is 35.2 cm³/mol. The van der Waals surface area contributed by atoms with Crippen LogP contribution in [0.4, 0.5) is 4.79 Å². The van der Waals surface area contributed by atoms with E-state index in [-0.39, 0.29) is 0 Å². The van der Waals surface area contributed by atoms with Gasteiger partial charge < -0.3 is 10.1 Å². The van der Waals surface area contributed by atoms with Crippen LogP contribution in [0.5, 0.6) is 0 Å². The van der Waals surface area contributed by atoms with Crippen LogP contribution in [0.1, 0.15) is 13.8 Å². The molecule has 1 N–H and O–H groups in total. The summed E-state index contributed by atoms with van der Waals surface area (Å²) in [6, 6.07) is 1.89. The van der Waals surface area contributed by atoms with E-state index in [2.05, 4.69) is 10.1 Å². The number of nitriles is 1. The third kappa shape index (κ3) is 2.92. The molecule has 0 saturated carbocycles. The van der Waals surface area contributed by atoms with Gasteiger partial charge in [0, 0.05) is 0 Å². The van der Waals surface area contributed by atoms with E-state index in [1.54, 1.807) is 13.8 Å². The van der Waals surface area contributed by atoms with Crippen molar-refractivity contribution in [3.8, 4) is 6.07 Å². The zero-order chi connectivity index (χ0) is 8.20. The predicted octanol–water partition coefficient (Wildman–Crippen LogP) is 0.645. The van der Waals surface area contributed by atoms with Gasteiger partial charge in [-0.25, -0.2) is 4.79 Å². The van der Waals surface area contributed by atoms with Gasteiger partial charge in [-0.15, -0.1) is 0 Å². The molecular weight excluding hydrogens is 132 g/mol. The molecule has 0 unspecified atom stereocenters. The Hall–Kier alpha value is -1.24. The van der Waals surface area contributed by atoms with E-state index in [4.69, 9.17) is 5.26 Å². The molecule has 0 aromatic heterocycles. The number of ether oxygens (including phenoxy) is 1. The van der Waals surface area contributed by atoms with E-state index in [0.717, 1.165) is 0 Å². The maximum absolute atomic E-state index is 10.5. The fourth-order valence-corrected chi connectivity index (χ4v) is 0.334. The minimum absolute atomic E-state index is 0.591. The molecule has 0 heterocycles. The SMILES string of the molecule is COC(=O)NC(C)(C)C#N. The van der Waals surface area contributed by atoms with Crippen LogP contribution >= 0.6 is 0 Å². The summed E-state index contributed by atoms with van der Waals surface area (Å²) in [5.74, 6) is 0. The van der Waals surface area contributed by atoms with Crippen molar-refractivity contribution in [1.29, 1.82) is 5.26 Å². The number of hydrogen-bond acceptors (Lipinski definition) is 3. The maximum atomic E-state index is 10.5. The second-order valence-corrected chi connectivity index (χ2v) is 2.35. The summed E-state index contributed by atoms with van der Waals surface area (Å²) in [5.41, 5.74) is -0.854. The van der Waals surface area contributed by atoms with Gasteiger partial charge in [0.15, 0.2) is 0 Å². The molecule has 0 aliphatic rings. The Kier molecular flexibility index (Phi) is 2.68. The number of rotatable bonds is 1. The molecule has 0 bridgehead atoms. The maximum Gasteiger partial charge on any atom is 0.408 e. The lowest BCUT2D eigenvalue weighted by Gasteiger charge is -2.15. The van der Waals surface area contributed by atoms with Crippen LogP contribution in [0.15, 0.2) is 0 Å². The summed E-state index contributed by atoms with van der Waals surface area (Å²) in [6.07, 6.45) is -0.591. The van der Waals surface area contributed by atoms with Gasteiger partial charge in [-0.3, -0.25) is 0 Å². The average molecular weight is 142 g/mol. The molecule has 0 aliphatic carbocycles. The molecule has 0 saturated heterocycles. The number of alkyl carbamates (subject to hydrolysis) is 1. The Morgan fingerprint density at radius 3 is 2.50 bits per heavy atom. The number of amides is 1. The molecule has 0 spiro atoms. The molecule has 4 heteroatoms. The van der Waals surface area contributed by atoms with Crippen molar-refractivity contribution < 1.29 is 9.53 Å². The Morgan fingerprint density at radius 2 is 2.20 bits per heavy atom. The molecule has 56 valence electrons. The number of methoxy groups -OCH3 is 1. The smallest absolute Gasteiger partial charge is 0.408 e. The standard InChI is InChI=1S/C6H10N2O2/c1-6(2,4-7)8-5(9)10-3/h1-3H3,(H,8,9). The van der Waals surface area contributed by atoms with Crippen LogP contribution < -0.4 is 5.32 Å². The van der Waals surface area contributed by atoms with Crippen LogP contribution in [-0.4, -0.2) is 18.7 Å². The van der Waals surface area contributed by atoms with Crippen LogP contribution in [0.25, 0.3) is 0 Å². The van der Waals surface area contributed by atoms with Gasteiger partial charge in [0.25, 0.3) is 0 Å². The van der Waals surface area contributed by atoms with E-state index >= 15 is 0 Å². The van der Waals surface area contributed by atoms with Crippen LogP contribution in [0.2, 0.25) is 0 Å². The molecule has 0 fully saturated rings. The van der Waals surface area contributed by atoms with Crippen molar-refractivity contribution in [3.05, 3.63) is 0 Å². The molecular formula is C6H10N2O2. The second-order valence-electron chi connectivity index (χ2n) is 2.35. The Bertz CT molecular complexity index is 169. The highest BCUT2D eigenvalue weighted by Gasteiger charge is 2.18. The van der Waals surface area contributed by atoms with Crippen molar-refractivity contribution in [1.82, 2.24) is 5.32 Å². The molecule has 0 rings (SSSR count). The van der Waals surface area contributed by atoms with Gasteiger partial charge in [0.05, 0.1) is 13.2 Å². The summed E-state index contributed by atoms with van der Waals surface area (Å²) < 4.78 is 4.29. The fraction of sp³-hybridized carbons (Fsp3) is 0.667. The van der Waals surface area contributed by atoms with Crippen molar-refractivity contribution in [3.63, 3.8) is 0 Å². The molecule has 1 amide bonds.